The molecule has 0 aromatic rings. The Morgan fingerprint density at radius 3 is 1.43 bits per heavy atom. The van der Waals surface area contributed by atoms with E-state index < -0.39 is 6.80 Å². The minimum atomic E-state index is -3.94. The van der Waals surface area contributed by atoms with Crippen molar-refractivity contribution in [3.05, 3.63) is 0 Å². The van der Waals surface area contributed by atoms with Crippen LogP contribution in [0.1, 0.15) is 0 Å². The van der Waals surface area contributed by atoms with E-state index in [1.807, 2.05) is 0 Å². The van der Waals surface area contributed by atoms with Crippen molar-refractivity contribution >= 4 is 37.9 Å². The van der Waals surface area contributed by atoms with Crippen molar-refractivity contribution in [3.8, 4) is 0 Å². The Bertz CT molecular complexity index is 61.1. The van der Waals surface area contributed by atoms with Crippen LogP contribution in [0.2, 0.25) is 0 Å². The van der Waals surface area contributed by atoms with Crippen LogP contribution in [0.15, 0.2) is 0 Å². The van der Waals surface area contributed by atoms with Crippen molar-refractivity contribution in [2.24, 2.45) is 0 Å². The van der Waals surface area contributed by atoms with Crippen LogP contribution in [0.25, 0.3) is 0 Å². The van der Waals surface area contributed by atoms with Gasteiger partial charge in [0.2, 0.25) is 0 Å². The summed E-state index contributed by atoms with van der Waals surface area (Å²) in [6.07, 6.45) is 0. The summed E-state index contributed by atoms with van der Waals surface area (Å²) in [5.41, 5.74) is 0. The summed E-state index contributed by atoms with van der Waals surface area (Å²) in [6, 6.07) is 0. The molecule has 0 unspecified atom stereocenters. The van der Waals surface area contributed by atoms with Crippen molar-refractivity contribution in [1.29, 1.82) is 0 Å². The molecule has 0 rings (SSSR count). The summed E-state index contributed by atoms with van der Waals surface area (Å²) < 4.78 is 9.19. The first kappa shape index (κ1) is 15.9. The minimum absolute atomic E-state index is 0. The van der Waals surface area contributed by atoms with E-state index in [0.717, 1.165) is 0 Å². The SMILES string of the molecule is O=P(O)(O)S.[LiH].[Ti]. The predicted molar refractivity (Wildman–Crippen MR) is 28.2 cm³/mol. The molecule has 0 atom stereocenters. The molecule has 0 heterocycles. The molecule has 2 N–H and O–H groups in total. The smallest absolute Gasteiger partial charge is 0 e. The number of hydrogen-bond donors (Lipinski definition) is 3. The van der Waals surface area contributed by atoms with E-state index in [-0.39, 0.29) is 40.6 Å². The zero-order valence-electron chi connectivity index (χ0n) is 2.70. The molecule has 3 nitrogen and oxygen atoms in total. The van der Waals surface area contributed by atoms with Gasteiger partial charge in [0.25, 0.3) is 0 Å². The third-order valence-corrected chi connectivity index (χ3v) is 0. The van der Waals surface area contributed by atoms with E-state index in [4.69, 9.17) is 9.79 Å². The van der Waals surface area contributed by atoms with Gasteiger partial charge < -0.3 is 9.79 Å². The van der Waals surface area contributed by atoms with Gasteiger partial charge >= 0.3 is 25.7 Å². The normalized spacial score (nSPS) is 8.43. The van der Waals surface area contributed by atoms with Gasteiger partial charge in [-0.25, -0.2) is 4.57 Å². The van der Waals surface area contributed by atoms with Crippen molar-refractivity contribution in [1.82, 2.24) is 0 Å². The molecule has 0 aromatic heterocycles. The van der Waals surface area contributed by atoms with E-state index in [0.29, 0.717) is 0 Å². The minimum Gasteiger partial charge on any atom is 0 e. The quantitative estimate of drug-likeness (QED) is 0.257. The van der Waals surface area contributed by atoms with Crippen LogP contribution >= 0.6 is 19.0 Å². The maximum Gasteiger partial charge on any atom is 0 e. The fourth-order valence-electron chi connectivity index (χ4n) is 0. The maximum absolute atomic E-state index is 9.19. The average molecular weight is 170 g/mol. The van der Waals surface area contributed by atoms with Gasteiger partial charge in [-0.2, -0.15) is 0 Å². The molecule has 0 bridgehead atoms. The third kappa shape index (κ3) is 80.4. The molecule has 0 aromatic carbocycles. The Hall–Kier alpha value is 1.81. The first-order valence-electron chi connectivity index (χ1n) is 0.783. The molecular weight excluding hydrogens is 166 g/mol. The second kappa shape index (κ2) is 5.94. The molecule has 0 aliphatic heterocycles. The van der Waals surface area contributed by atoms with Crippen molar-refractivity contribution in [2.45, 2.75) is 0 Å². The van der Waals surface area contributed by atoms with Gasteiger partial charge in [-0.15, -0.1) is 0 Å². The van der Waals surface area contributed by atoms with E-state index in [1.165, 1.54) is 0 Å². The molecule has 0 saturated heterocycles. The van der Waals surface area contributed by atoms with Crippen molar-refractivity contribution in [3.63, 3.8) is 0 Å². The Morgan fingerprint density at radius 2 is 1.43 bits per heavy atom. The van der Waals surface area contributed by atoms with Gasteiger partial charge in [0.15, 0.2) is 0 Å². The largest absolute Gasteiger partial charge is 0 e. The van der Waals surface area contributed by atoms with Gasteiger partial charge in [0.05, 0.1) is 0 Å². The third-order valence-electron chi connectivity index (χ3n) is 0. The van der Waals surface area contributed by atoms with Crippen LogP contribution in [0, 0.1) is 0 Å². The first-order chi connectivity index (χ1) is 2.00. The Kier molecular flexibility index (Phi) is 13.5. The number of hydrogen-bond acceptors (Lipinski definition) is 1. The summed E-state index contributed by atoms with van der Waals surface area (Å²) in [4.78, 5) is 15.0. The van der Waals surface area contributed by atoms with Gasteiger partial charge in [0.1, 0.15) is 0 Å². The van der Waals surface area contributed by atoms with Crippen LogP contribution < -0.4 is 0 Å². The first-order valence-corrected chi connectivity index (χ1v) is 3.55. The second-order valence-corrected chi connectivity index (χ2v) is 3.10. The predicted octanol–water partition coefficient (Wildman–Crippen LogP) is -0.642. The van der Waals surface area contributed by atoms with Crippen LogP contribution in [0.4, 0.5) is 0 Å². The standard InChI is InChI=1S/Li.H3O3PS.Ti.H/c;1-4(2,3)5;;/h;(H3,1,2,3,5);;. The summed E-state index contributed by atoms with van der Waals surface area (Å²) in [7, 11) is 0. The molecule has 0 saturated carbocycles. The summed E-state index contributed by atoms with van der Waals surface area (Å²) in [6.45, 7) is -3.94. The Balaban J connectivity index is -0.0000000800. The zero-order valence-corrected chi connectivity index (χ0v) is 6.05. The van der Waals surface area contributed by atoms with Crippen LogP contribution in [0.5, 0.6) is 0 Å². The molecule has 7 heteroatoms. The van der Waals surface area contributed by atoms with Crippen LogP contribution in [0.3, 0.4) is 0 Å². The fourth-order valence-corrected chi connectivity index (χ4v) is 0. The van der Waals surface area contributed by atoms with Gasteiger partial charge in [-0.3, -0.25) is 0 Å². The molecular formula is H4LiO3PSTi. The van der Waals surface area contributed by atoms with Gasteiger partial charge in [0, 0.05) is 21.7 Å². The maximum atomic E-state index is 9.19. The molecule has 38 valence electrons. The molecule has 0 amide bonds. The van der Waals surface area contributed by atoms with E-state index in [9.17, 15) is 4.57 Å². The van der Waals surface area contributed by atoms with E-state index >= 15 is 0 Å². The van der Waals surface area contributed by atoms with Gasteiger partial charge in [-0.1, -0.05) is 12.2 Å². The zero-order chi connectivity index (χ0) is 4.50. The van der Waals surface area contributed by atoms with E-state index in [2.05, 4.69) is 12.2 Å². The molecule has 0 aliphatic carbocycles. The summed E-state index contributed by atoms with van der Waals surface area (Å²) in [5, 5.41) is 0. The molecule has 0 radical (unpaired) electrons. The molecule has 0 fully saturated rings. The molecule has 0 spiro atoms. The van der Waals surface area contributed by atoms with Crippen molar-refractivity contribution < 1.29 is 36.1 Å². The second-order valence-electron chi connectivity index (χ2n) is 0.513. The topological polar surface area (TPSA) is 57.5 Å². The van der Waals surface area contributed by atoms with Gasteiger partial charge in [-0.05, 0) is 0 Å². The Morgan fingerprint density at radius 1 is 1.43 bits per heavy atom. The Labute approximate surface area is 73.6 Å². The average Bonchev–Trinajstić information content (AvgIpc) is 0.722. The number of rotatable bonds is 0. The van der Waals surface area contributed by atoms with E-state index in [1.54, 1.807) is 0 Å². The molecule has 7 heavy (non-hydrogen) atoms. The molecule has 0 aliphatic rings. The summed E-state index contributed by atoms with van der Waals surface area (Å²) >= 11 is 2.79. The van der Waals surface area contributed by atoms with Crippen LogP contribution in [-0.2, 0) is 26.3 Å². The fraction of sp³-hybridized carbons (Fsp3) is 0. The number of thiol groups is 1. The van der Waals surface area contributed by atoms with Crippen LogP contribution in [-0.4, -0.2) is 28.6 Å². The van der Waals surface area contributed by atoms with Crippen molar-refractivity contribution in [2.75, 3.05) is 0 Å². The monoisotopic (exact) mass is 170 g/mol. The summed E-state index contributed by atoms with van der Waals surface area (Å²) in [5.74, 6) is 0.